The highest BCUT2D eigenvalue weighted by atomic mass is 32.2. The molecule has 0 radical (unpaired) electrons. The third kappa shape index (κ3) is 6.45. The van der Waals surface area contributed by atoms with Crippen LogP contribution in [0.25, 0.3) is 11.1 Å². The molecule has 198 valence electrons. The van der Waals surface area contributed by atoms with Crippen molar-refractivity contribution in [3.63, 3.8) is 0 Å². The van der Waals surface area contributed by atoms with Crippen LogP contribution in [-0.2, 0) is 10.2 Å². The summed E-state index contributed by atoms with van der Waals surface area (Å²) in [6, 6.07) is 24.6. The van der Waals surface area contributed by atoms with E-state index in [0.29, 0.717) is 18.0 Å². The third-order valence-electron chi connectivity index (χ3n) is 6.51. The normalized spacial score (nSPS) is 14.3. The fourth-order valence-corrected chi connectivity index (χ4v) is 5.51. The Morgan fingerprint density at radius 1 is 0.895 bits per heavy atom. The number of carbonyl (C=O) groups excluding carboxylic acids is 1. The van der Waals surface area contributed by atoms with Crippen molar-refractivity contribution >= 4 is 29.1 Å². The number of amidine groups is 1. The van der Waals surface area contributed by atoms with Gasteiger partial charge in [-0.05, 0) is 40.7 Å². The Balaban J connectivity index is 1.40. The number of rotatable bonds is 10. The van der Waals surface area contributed by atoms with E-state index in [-0.39, 0.29) is 0 Å². The van der Waals surface area contributed by atoms with E-state index < -0.39 is 24.0 Å². The van der Waals surface area contributed by atoms with E-state index in [1.165, 1.54) is 11.8 Å². The number of amides is 1. The predicted molar refractivity (Wildman–Crippen MR) is 148 cm³/mol. The smallest absolute Gasteiger partial charge is 0.377 e. The van der Waals surface area contributed by atoms with Crippen LogP contribution in [0.1, 0.15) is 42.4 Å². The van der Waals surface area contributed by atoms with Crippen LogP contribution >= 0.6 is 11.8 Å². The van der Waals surface area contributed by atoms with E-state index >= 15 is 0 Å². The Bertz CT molecular complexity index is 1260. The van der Waals surface area contributed by atoms with Gasteiger partial charge in [0.15, 0.2) is 5.17 Å². The average Bonchev–Trinajstić information content (AvgIpc) is 3.20. The highest BCUT2D eigenvalue weighted by Gasteiger charge is 2.49. The van der Waals surface area contributed by atoms with Crippen molar-refractivity contribution in [2.24, 2.45) is 15.9 Å². The second-order valence-electron chi connectivity index (χ2n) is 9.05. The van der Waals surface area contributed by atoms with Gasteiger partial charge in [0.1, 0.15) is 12.0 Å². The van der Waals surface area contributed by atoms with E-state index in [4.69, 9.17) is 5.73 Å². The number of unbranched alkanes of at least 4 members (excludes halogenated alkanes) is 2. The molecule has 0 unspecified atom stereocenters. The summed E-state index contributed by atoms with van der Waals surface area (Å²) in [4.78, 5) is 13.5. The fraction of sp³-hybridized carbons (Fsp3) is 0.276. The zero-order valence-electron chi connectivity index (χ0n) is 20.7. The van der Waals surface area contributed by atoms with Gasteiger partial charge >= 0.3 is 6.18 Å². The summed E-state index contributed by atoms with van der Waals surface area (Å²) in [5.74, 6) is 0.102. The van der Waals surface area contributed by atoms with E-state index in [1.807, 2.05) is 78.9 Å². The summed E-state index contributed by atoms with van der Waals surface area (Å²) in [5.41, 5.74) is 8.99. The van der Waals surface area contributed by atoms with Gasteiger partial charge in [0.05, 0.1) is 6.21 Å². The molecule has 0 heterocycles. The molecule has 9 heteroatoms. The molecule has 1 amide bonds. The lowest BCUT2D eigenvalue weighted by molar-refractivity contribution is -0.141. The molecule has 5 nitrogen and oxygen atoms in total. The van der Waals surface area contributed by atoms with E-state index in [1.54, 1.807) is 6.21 Å². The maximum atomic E-state index is 13.5. The Hall–Kier alpha value is -3.59. The maximum absolute atomic E-state index is 13.5. The van der Waals surface area contributed by atoms with Gasteiger partial charge in [-0.1, -0.05) is 103 Å². The van der Waals surface area contributed by atoms with Crippen LogP contribution in [0.4, 0.5) is 13.2 Å². The number of hydrogen-bond donors (Lipinski definition) is 2. The van der Waals surface area contributed by atoms with Gasteiger partial charge in [-0.2, -0.15) is 18.3 Å². The zero-order valence-corrected chi connectivity index (χ0v) is 21.6. The fourth-order valence-electron chi connectivity index (χ4n) is 4.85. The second-order valence-corrected chi connectivity index (χ2v) is 10.2. The van der Waals surface area contributed by atoms with Crippen molar-refractivity contribution in [3.05, 3.63) is 95.6 Å². The minimum Gasteiger partial charge on any atom is -0.377 e. The van der Waals surface area contributed by atoms with E-state index in [0.717, 1.165) is 46.4 Å². The Kier molecular flexibility index (Phi) is 8.89. The molecule has 0 atom stereocenters. The monoisotopic (exact) mass is 538 g/mol. The Morgan fingerprint density at radius 3 is 2.13 bits per heavy atom. The summed E-state index contributed by atoms with van der Waals surface area (Å²) in [6.07, 6.45) is -0.197. The summed E-state index contributed by atoms with van der Waals surface area (Å²) in [5, 5.41) is 10.5. The first-order chi connectivity index (χ1) is 18.3. The van der Waals surface area contributed by atoms with Crippen LogP contribution in [0, 0.1) is 0 Å². The van der Waals surface area contributed by atoms with Crippen LogP contribution < -0.4 is 11.1 Å². The zero-order chi connectivity index (χ0) is 27.0. The molecule has 0 aliphatic heterocycles. The molecule has 1 aliphatic rings. The van der Waals surface area contributed by atoms with Crippen LogP contribution in [0.5, 0.6) is 0 Å². The molecule has 0 saturated heterocycles. The number of benzene rings is 3. The molecular weight excluding hydrogens is 509 g/mol. The Labute approximate surface area is 224 Å². The molecule has 3 N–H and O–H groups in total. The summed E-state index contributed by atoms with van der Waals surface area (Å²) < 4.78 is 39.0. The third-order valence-corrected chi connectivity index (χ3v) is 7.38. The number of thioether (sulfide) groups is 1. The van der Waals surface area contributed by atoms with Gasteiger partial charge in [0.2, 0.25) is 5.91 Å². The van der Waals surface area contributed by atoms with Crippen molar-refractivity contribution < 1.29 is 18.0 Å². The number of alkyl halides is 3. The largest absolute Gasteiger partial charge is 0.405 e. The summed E-state index contributed by atoms with van der Waals surface area (Å²) in [6.45, 7) is -1.36. The van der Waals surface area contributed by atoms with Crippen LogP contribution in [0.3, 0.4) is 0 Å². The van der Waals surface area contributed by atoms with Gasteiger partial charge in [-0.3, -0.25) is 4.79 Å². The Morgan fingerprint density at radius 2 is 1.50 bits per heavy atom. The predicted octanol–water partition coefficient (Wildman–Crippen LogP) is 6.27. The minimum absolute atomic E-state index is 0.360. The van der Waals surface area contributed by atoms with Gasteiger partial charge in [0, 0.05) is 5.75 Å². The molecule has 3 aromatic carbocycles. The first-order valence-corrected chi connectivity index (χ1v) is 13.4. The number of carbonyl (C=O) groups is 1. The van der Waals surface area contributed by atoms with Crippen LogP contribution in [0.15, 0.2) is 89.1 Å². The highest BCUT2D eigenvalue weighted by molar-refractivity contribution is 8.13. The number of fused-ring (bicyclic) bond motifs is 3. The number of nitrogens with two attached hydrogens (primary N) is 1. The SMILES string of the molecule is N/C(=N\N=C\c1ccccc1)SCCCCCC1(C(=O)NCC(F)(F)F)c2ccccc2-c2ccccc21. The first kappa shape index (κ1) is 27.4. The van der Waals surface area contributed by atoms with E-state index in [9.17, 15) is 18.0 Å². The molecule has 1 aliphatic carbocycles. The second kappa shape index (κ2) is 12.3. The molecule has 0 saturated carbocycles. The van der Waals surface area contributed by atoms with Gasteiger partial charge < -0.3 is 11.1 Å². The molecule has 38 heavy (non-hydrogen) atoms. The quantitative estimate of drug-likeness (QED) is 0.138. The van der Waals surface area contributed by atoms with Crippen molar-refractivity contribution in [1.29, 1.82) is 0 Å². The number of halogens is 3. The lowest BCUT2D eigenvalue weighted by Gasteiger charge is -2.31. The lowest BCUT2D eigenvalue weighted by Crippen LogP contribution is -2.47. The average molecular weight is 539 g/mol. The number of nitrogens with zero attached hydrogens (tertiary/aromatic N) is 2. The number of hydrogen-bond acceptors (Lipinski definition) is 4. The van der Waals surface area contributed by atoms with Crippen molar-refractivity contribution in [3.8, 4) is 11.1 Å². The summed E-state index contributed by atoms with van der Waals surface area (Å²) in [7, 11) is 0. The summed E-state index contributed by atoms with van der Waals surface area (Å²) >= 11 is 1.40. The highest BCUT2D eigenvalue weighted by Crippen LogP contribution is 2.51. The topological polar surface area (TPSA) is 79.8 Å². The molecule has 0 fully saturated rings. The minimum atomic E-state index is -4.49. The van der Waals surface area contributed by atoms with E-state index in [2.05, 4.69) is 15.5 Å². The van der Waals surface area contributed by atoms with Crippen LogP contribution in [0.2, 0.25) is 0 Å². The first-order valence-electron chi connectivity index (χ1n) is 12.4. The lowest BCUT2D eigenvalue weighted by atomic mass is 9.73. The maximum Gasteiger partial charge on any atom is 0.405 e. The molecule has 4 rings (SSSR count). The van der Waals surface area contributed by atoms with Crippen molar-refractivity contribution in [2.45, 2.75) is 37.3 Å². The van der Waals surface area contributed by atoms with Gasteiger partial charge in [-0.15, -0.1) is 5.10 Å². The molecular formula is C29H29F3N4OS. The van der Waals surface area contributed by atoms with Crippen LogP contribution in [-0.4, -0.2) is 35.8 Å². The molecule has 0 aromatic heterocycles. The van der Waals surface area contributed by atoms with Gasteiger partial charge in [0.25, 0.3) is 0 Å². The molecule has 0 bridgehead atoms. The van der Waals surface area contributed by atoms with Crippen molar-refractivity contribution in [2.75, 3.05) is 12.3 Å². The standard InChI is InChI=1S/C29H29F3N4OS/c30-29(31,32)20-34-26(37)28(24-15-7-5-13-22(24)23-14-6-8-16-25(23)28)17-9-2-10-18-38-27(33)36-35-19-21-11-3-1-4-12-21/h1,3-8,11-16,19H,2,9-10,17-18,20H2,(H2,33,36)(H,34,37)/b35-19+. The number of nitrogens with one attached hydrogen (secondary N) is 1. The molecule has 3 aromatic rings. The molecule has 0 spiro atoms. The van der Waals surface area contributed by atoms with Gasteiger partial charge in [-0.25, -0.2) is 0 Å². The van der Waals surface area contributed by atoms with Crippen molar-refractivity contribution in [1.82, 2.24) is 5.32 Å².